The fourth-order valence-corrected chi connectivity index (χ4v) is 2.14. The van der Waals surface area contributed by atoms with E-state index in [1.807, 2.05) is 20.1 Å². The smallest absolute Gasteiger partial charge is 0.0614 e. The van der Waals surface area contributed by atoms with Crippen molar-refractivity contribution in [3.05, 3.63) is 35.6 Å². The first kappa shape index (κ1) is 14.0. The molecule has 0 aliphatic heterocycles. The maximum absolute atomic E-state index is 4.40. The van der Waals surface area contributed by atoms with Crippen molar-refractivity contribution in [3.8, 4) is 0 Å². The van der Waals surface area contributed by atoms with Gasteiger partial charge < -0.3 is 0 Å². The Kier molecular flexibility index (Phi) is 5.40. The minimum absolute atomic E-state index is 0.484. The van der Waals surface area contributed by atoms with Gasteiger partial charge in [0.25, 0.3) is 0 Å². The molecule has 0 bridgehead atoms. The summed E-state index contributed by atoms with van der Waals surface area (Å²) < 4.78 is 0. The van der Waals surface area contributed by atoms with E-state index in [1.54, 1.807) is 5.57 Å². The average molecular weight is 231 g/mol. The summed E-state index contributed by atoms with van der Waals surface area (Å²) in [5.74, 6) is 1.32. The molecule has 0 aromatic carbocycles. The van der Waals surface area contributed by atoms with Crippen LogP contribution in [-0.2, 0) is 0 Å². The molecule has 1 atom stereocenters. The van der Waals surface area contributed by atoms with Gasteiger partial charge in [0.05, 0.1) is 5.70 Å². The third kappa shape index (κ3) is 4.33. The van der Waals surface area contributed by atoms with Gasteiger partial charge in [0.15, 0.2) is 0 Å². The molecule has 1 saturated carbocycles. The van der Waals surface area contributed by atoms with Gasteiger partial charge >= 0.3 is 0 Å². The zero-order valence-corrected chi connectivity index (χ0v) is 11.7. The van der Waals surface area contributed by atoms with Crippen molar-refractivity contribution in [1.29, 1.82) is 0 Å². The number of nitrogens with zero attached hydrogens (tertiary/aromatic N) is 1. The van der Waals surface area contributed by atoms with Crippen molar-refractivity contribution < 1.29 is 0 Å². The van der Waals surface area contributed by atoms with Crippen LogP contribution in [0.15, 0.2) is 40.6 Å². The van der Waals surface area contributed by atoms with Crippen molar-refractivity contribution >= 4 is 6.21 Å². The molecule has 0 amide bonds. The molecule has 1 fully saturated rings. The Labute approximate surface area is 106 Å². The first-order chi connectivity index (χ1) is 8.10. The fourth-order valence-electron chi connectivity index (χ4n) is 2.14. The summed E-state index contributed by atoms with van der Waals surface area (Å²) in [6.45, 7) is 12.4. The second-order valence-corrected chi connectivity index (χ2v) is 4.89. The Bertz CT molecular complexity index is 354. The molecule has 0 N–H and O–H groups in total. The van der Waals surface area contributed by atoms with E-state index in [4.69, 9.17) is 0 Å². The van der Waals surface area contributed by atoms with Gasteiger partial charge in [-0.25, -0.2) is 0 Å². The first-order valence-corrected chi connectivity index (χ1v) is 6.66. The van der Waals surface area contributed by atoms with E-state index >= 15 is 0 Å². The molecular formula is C16H25N. The van der Waals surface area contributed by atoms with Gasteiger partial charge in [-0.1, -0.05) is 38.2 Å². The summed E-state index contributed by atoms with van der Waals surface area (Å²) >= 11 is 0. The standard InChI is InChI=1S/C16H25N/c1-6-8-15(14-9-10-14)13(5)11-16(12(3)4)17-7-2/h7-8,11,13-14H,3,6,9-10H2,1-2,4-5H3/b15-8+,16-11-,17-7-. The molecule has 0 radical (unpaired) electrons. The normalized spacial score (nSPS) is 19.8. The van der Waals surface area contributed by atoms with Crippen LogP contribution in [0, 0.1) is 11.8 Å². The van der Waals surface area contributed by atoms with Gasteiger partial charge in [0, 0.05) is 6.21 Å². The highest BCUT2D eigenvalue weighted by Crippen LogP contribution is 2.41. The van der Waals surface area contributed by atoms with Crippen molar-refractivity contribution in [1.82, 2.24) is 0 Å². The maximum atomic E-state index is 4.40. The van der Waals surface area contributed by atoms with Crippen LogP contribution in [0.25, 0.3) is 0 Å². The van der Waals surface area contributed by atoms with E-state index < -0.39 is 0 Å². The highest BCUT2D eigenvalue weighted by Gasteiger charge is 2.28. The summed E-state index contributed by atoms with van der Waals surface area (Å²) in [6.07, 6.45) is 10.3. The largest absolute Gasteiger partial charge is 0.262 e. The average Bonchev–Trinajstić information content (AvgIpc) is 3.08. The van der Waals surface area contributed by atoms with Crippen LogP contribution in [0.3, 0.4) is 0 Å². The molecule has 17 heavy (non-hydrogen) atoms. The lowest BCUT2D eigenvalue weighted by atomic mass is 9.94. The molecule has 1 unspecified atom stereocenters. The number of aliphatic imine (C=N–C) groups is 1. The molecule has 1 nitrogen and oxygen atoms in total. The predicted molar refractivity (Wildman–Crippen MR) is 77.3 cm³/mol. The Morgan fingerprint density at radius 1 is 1.47 bits per heavy atom. The van der Waals surface area contributed by atoms with Crippen LogP contribution < -0.4 is 0 Å². The van der Waals surface area contributed by atoms with Crippen molar-refractivity contribution in [2.45, 2.75) is 47.0 Å². The lowest BCUT2D eigenvalue weighted by molar-refractivity contribution is 0.758. The number of allylic oxidation sites excluding steroid dienone is 4. The van der Waals surface area contributed by atoms with Gasteiger partial charge in [0.1, 0.15) is 0 Å². The summed E-state index contributed by atoms with van der Waals surface area (Å²) in [5.41, 5.74) is 3.67. The van der Waals surface area contributed by atoms with Crippen LogP contribution in [0.4, 0.5) is 0 Å². The minimum atomic E-state index is 0.484. The van der Waals surface area contributed by atoms with E-state index in [-0.39, 0.29) is 0 Å². The van der Waals surface area contributed by atoms with E-state index in [0.29, 0.717) is 5.92 Å². The quantitative estimate of drug-likeness (QED) is 0.349. The van der Waals surface area contributed by atoms with E-state index in [1.165, 1.54) is 12.8 Å². The van der Waals surface area contributed by atoms with Gasteiger partial charge in [0.2, 0.25) is 0 Å². The summed E-state index contributed by atoms with van der Waals surface area (Å²) in [7, 11) is 0. The zero-order chi connectivity index (χ0) is 12.8. The number of rotatable bonds is 6. The Balaban J connectivity index is 2.85. The second kappa shape index (κ2) is 6.58. The molecule has 1 rings (SSSR count). The van der Waals surface area contributed by atoms with E-state index in [0.717, 1.165) is 23.6 Å². The molecule has 0 spiro atoms. The van der Waals surface area contributed by atoms with Crippen molar-refractivity contribution in [2.24, 2.45) is 16.8 Å². The molecule has 0 aromatic heterocycles. The van der Waals surface area contributed by atoms with Gasteiger partial charge in [-0.15, -0.1) is 0 Å². The highest BCUT2D eigenvalue weighted by molar-refractivity contribution is 5.57. The van der Waals surface area contributed by atoms with Gasteiger partial charge in [-0.3, -0.25) is 4.99 Å². The van der Waals surface area contributed by atoms with Crippen LogP contribution >= 0.6 is 0 Å². The van der Waals surface area contributed by atoms with Crippen LogP contribution in [0.1, 0.15) is 47.0 Å². The number of hydrogen-bond acceptors (Lipinski definition) is 1. The number of hydrogen-bond donors (Lipinski definition) is 0. The topological polar surface area (TPSA) is 12.4 Å². The molecule has 1 aliphatic rings. The summed E-state index contributed by atoms with van der Waals surface area (Å²) in [6, 6.07) is 0. The SMILES string of the molecule is C=C(C)C(=C/C(C)/C(=C\CC)C1CC1)/N=C\C. The third-order valence-corrected chi connectivity index (χ3v) is 3.13. The lowest BCUT2D eigenvalue weighted by Gasteiger charge is -2.13. The van der Waals surface area contributed by atoms with Crippen molar-refractivity contribution in [3.63, 3.8) is 0 Å². The monoisotopic (exact) mass is 231 g/mol. The van der Waals surface area contributed by atoms with Crippen LogP contribution in [0.2, 0.25) is 0 Å². The Morgan fingerprint density at radius 3 is 2.53 bits per heavy atom. The summed E-state index contributed by atoms with van der Waals surface area (Å²) in [5, 5.41) is 0. The van der Waals surface area contributed by atoms with E-state index in [9.17, 15) is 0 Å². The molecular weight excluding hydrogens is 206 g/mol. The van der Waals surface area contributed by atoms with Gasteiger partial charge in [-0.05, 0) is 50.5 Å². The molecule has 0 heterocycles. The Morgan fingerprint density at radius 2 is 2.12 bits per heavy atom. The fraction of sp³-hybridized carbons (Fsp3) is 0.562. The minimum Gasteiger partial charge on any atom is -0.262 e. The van der Waals surface area contributed by atoms with Crippen LogP contribution in [-0.4, -0.2) is 6.21 Å². The molecule has 0 aromatic rings. The highest BCUT2D eigenvalue weighted by atomic mass is 14.7. The van der Waals surface area contributed by atoms with Crippen LogP contribution in [0.5, 0.6) is 0 Å². The molecule has 0 saturated heterocycles. The Hall–Kier alpha value is -1.11. The van der Waals surface area contributed by atoms with Crippen molar-refractivity contribution in [2.75, 3.05) is 0 Å². The predicted octanol–water partition coefficient (Wildman–Crippen LogP) is 4.92. The van der Waals surface area contributed by atoms with Gasteiger partial charge in [-0.2, -0.15) is 0 Å². The second-order valence-electron chi connectivity index (χ2n) is 4.89. The molecule has 1 aliphatic carbocycles. The third-order valence-electron chi connectivity index (χ3n) is 3.13. The summed E-state index contributed by atoms with van der Waals surface area (Å²) in [4.78, 5) is 4.40. The molecule has 1 heteroatoms. The molecule has 94 valence electrons. The van der Waals surface area contributed by atoms with E-state index in [2.05, 4.69) is 37.6 Å². The lowest BCUT2D eigenvalue weighted by Crippen LogP contribution is -2.00. The maximum Gasteiger partial charge on any atom is 0.0614 e. The zero-order valence-electron chi connectivity index (χ0n) is 11.7. The first-order valence-electron chi connectivity index (χ1n) is 6.66.